The van der Waals surface area contributed by atoms with E-state index in [0.717, 1.165) is 16.7 Å². The first-order chi connectivity index (χ1) is 13.8. The predicted molar refractivity (Wildman–Crippen MR) is 113 cm³/mol. The molecule has 0 spiro atoms. The summed E-state index contributed by atoms with van der Waals surface area (Å²) in [6, 6.07) is 24.9. The van der Waals surface area contributed by atoms with Gasteiger partial charge in [0.2, 0.25) is 11.2 Å². The van der Waals surface area contributed by atoms with Gasteiger partial charge in [-0.2, -0.15) is 0 Å². The molecule has 0 atom stereocenters. The minimum absolute atomic E-state index is 0.164. The second-order valence-electron chi connectivity index (χ2n) is 6.45. The lowest BCUT2D eigenvalue weighted by Gasteiger charge is -2.13. The van der Waals surface area contributed by atoms with Crippen molar-refractivity contribution in [1.29, 1.82) is 0 Å². The Balaban J connectivity index is 1.91. The van der Waals surface area contributed by atoms with Gasteiger partial charge in [-0.05, 0) is 18.6 Å². The molecule has 3 aromatic carbocycles. The topological polar surface area (TPSA) is 39.4 Å². The van der Waals surface area contributed by atoms with Crippen molar-refractivity contribution in [3.8, 4) is 17.1 Å². The normalized spacial score (nSPS) is 11.2. The molecule has 138 valence electrons. The lowest BCUT2D eigenvalue weighted by molar-refractivity contribution is 0.298. The molecule has 3 nitrogen and oxygen atoms in total. The van der Waals surface area contributed by atoms with Gasteiger partial charge in [-0.15, -0.1) is 0 Å². The molecule has 0 saturated heterocycles. The molecule has 0 aliphatic rings. The monoisotopic (exact) mass is 368 g/mol. The Kier molecular flexibility index (Phi) is 5.07. The summed E-state index contributed by atoms with van der Waals surface area (Å²) in [4.78, 5) is 13.3. The quantitative estimate of drug-likeness (QED) is 0.429. The van der Waals surface area contributed by atoms with Gasteiger partial charge in [0.05, 0.1) is 5.39 Å². The van der Waals surface area contributed by atoms with E-state index < -0.39 is 0 Å². The molecule has 0 aliphatic heterocycles. The van der Waals surface area contributed by atoms with Crippen LogP contribution in [0.25, 0.3) is 28.4 Å². The zero-order chi connectivity index (χ0) is 19.3. The van der Waals surface area contributed by atoms with Crippen LogP contribution in [0.5, 0.6) is 5.75 Å². The zero-order valence-electron chi connectivity index (χ0n) is 15.6. The van der Waals surface area contributed by atoms with Crippen molar-refractivity contribution in [3.05, 3.63) is 106 Å². The molecule has 0 amide bonds. The highest BCUT2D eigenvalue weighted by molar-refractivity contribution is 5.88. The van der Waals surface area contributed by atoms with Crippen LogP contribution in [0.1, 0.15) is 18.1 Å². The molecule has 0 unspecified atom stereocenters. The standard InChI is InChI=1S/C25H20O3/c1-2-10-19-15-9-16-21-22(26)25(27-17-18-11-5-3-6-12-18)24(28-23(19)21)20-13-7-4-8-14-20/h2-16H,17H2,1H3/b10-2+. The van der Waals surface area contributed by atoms with Crippen LogP contribution in [-0.4, -0.2) is 0 Å². The van der Waals surface area contributed by atoms with Gasteiger partial charge in [0.15, 0.2) is 5.76 Å². The molecular formula is C25H20O3. The number of fused-ring (bicyclic) bond motifs is 1. The highest BCUT2D eigenvalue weighted by Gasteiger charge is 2.19. The molecule has 4 rings (SSSR count). The van der Waals surface area contributed by atoms with Crippen LogP contribution in [0.4, 0.5) is 0 Å². The van der Waals surface area contributed by atoms with Gasteiger partial charge in [0.25, 0.3) is 0 Å². The largest absolute Gasteiger partial charge is 0.481 e. The highest BCUT2D eigenvalue weighted by Crippen LogP contribution is 2.32. The molecule has 0 bridgehead atoms. The molecule has 0 saturated carbocycles. The van der Waals surface area contributed by atoms with E-state index in [1.807, 2.05) is 91.9 Å². The number of rotatable bonds is 5. The third-order valence-electron chi connectivity index (χ3n) is 4.51. The van der Waals surface area contributed by atoms with E-state index in [0.29, 0.717) is 23.3 Å². The Labute approximate surface area is 163 Å². The van der Waals surface area contributed by atoms with E-state index in [2.05, 4.69) is 0 Å². The smallest absolute Gasteiger partial charge is 0.235 e. The lowest BCUT2D eigenvalue weighted by Crippen LogP contribution is -2.10. The third-order valence-corrected chi connectivity index (χ3v) is 4.51. The molecule has 1 aromatic heterocycles. The van der Waals surface area contributed by atoms with Gasteiger partial charge >= 0.3 is 0 Å². The van der Waals surface area contributed by atoms with Crippen molar-refractivity contribution in [2.24, 2.45) is 0 Å². The van der Waals surface area contributed by atoms with E-state index in [1.54, 1.807) is 6.07 Å². The maximum Gasteiger partial charge on any atom is 0.235 e. The average Bonchev–Trinajstić information content (AvgIpc) is 2.75. The van der Waals surface area contributed by atoms with Crippen LogP contribution in [0, 0.1) is 0 Å². The van der Waals surface area contributed by atoms with Crippen LogP contribution >= 0.6 is 0 Å². The molecular weight excluding hydrogens is 348 g/mol. The zero-order valence-corrected chi connectivity index (χ0v) is 15.6. The summed E-state index contributed by atoms with van der Waals surface area (Å²) in [5.74, 6) is 0.686. The van der Waals surface area contributed by atoms with Gasteiger partial charge in [-0.25, -0.2) is 0 Å². The number of allylic oxidation sites excluding steroid dienone is 1. The van der Waals surface area contributed by atoms with Crippen LogP contribution in [0.3, 0.4) is 0 Å². The van der Waals surface area contributed by atoms with E-state index in [-0.39, 0.29) is 11.2 Å². The second kappa shape index (κ2) is 7.97. The fraction of sp³-hybridized carbons (Fsp3) is 0.0800. The number of hydrogen-bond donors (Lipinski definition) is 0. The molecule has 0 fully saturated rings. The van der Waals surface area contributed by atoms with Crippen molar-refractivity contribution in [3.63, 3.8) is 0 Å². The Morgan fingerprint density at radius 2 is 1.61 bits per heavy atom. The summed E-state index contributed by atoms with van der Waals surface area (Å²) in [6.45, 7) is 2.23. The van der Waals surface area contributed by atoms with Crippen molar-refractivity contribution < 1.29 is 9.15 Å². The van der Waals surface area contributed by atoms with Gasteiger partial charge in [0.1, 0.15) is 12.2 Å². The molecule has 1 heterocycles. The summed E-state index contributed by atoms with van der Waals surface area (Å²) >= 11 is 0. The van der Waals surface area contributed by atoms with Crippen LogP contribution < -0.4 is 10.2 Å². The fourth-order valence-electron chi connectivity index (χ4n) is 3.17. The Hall–Kier alpha value is -3.59. The van der Waals surface area contributed by atoms with Crippen LogP contribution in [0.15, 0.2) is 94.2 Å². The second-order valence-corrected chi connectivity index (χ2v) is 6.45. The number of benzene rings is 3. The summed E-state index contributed by atoms with van der Waals surface area (Å²) in [5.41, 5.74) is 3.06. The van der Waals surface area contributed by atoms with Gasteiger partial charge in [-0.3, -0.25) is 4.79 Å². The first-order valence-electron chi connectivity index (χ1n) is 9.22. The van der Waals surface area contributed by atoms with E-state index in [9.17, 15) is 4.79 Å². The number of hydrogen-bond acceptors (Lipinski definition) is 3. The summed E-state index contributed by atoms with van der Waals surface area (Å²) in [5, 5.41) is 0.512. The maximum atomic E-state index is 13.3. The molecule has 0 N–H and O–H groups in total. The fourth-order valence-corrected chi connectivity index (χ4v) is 3.17. The summed E-state index contributed by atoms with van der Waals surface area (Å²) in [7, 11) is 0. The minimum Gasteiger partial charge on any atom is -0.481 e. The van der Waals surface area contributed by atoms with Gasteiger partial charge in [0, 0.05) is 11.1 Å². The number of ether oxygens (including phenoxy) is 1. The van der Waals surface area contributed by atoms with Crippen LogP contribution in [-0.2, 0) is 6.61 Å². The third kappa shape index (κ3) is 3.47. The van der Waals surface area contributed by atoms with Crippen molar-refractivity contribution in [2.45, 2.75) is 13.5 Å². The average molecular weight is 368 g/mol. The molecule has 0 aliphatic carbocycles. The van der Waals surface area contributed by atoms with Crippen molar-refractivity contribution in [2.75, 3.05) is 0 Å². The first-order valence-corrected chi connectivity index (χ1v) is 9.22. The minimum atomic E-state index is -0.164. The van der Waals surface area contributed by atoms with Crippen molar-refractivity contribution in [1.82, 2.24) is 0 Å². The SMILES string of the molecule is C/C=C/c1cccc2c(=O)c(OCc3ccccc3)c(-c3ccccc3)oc12. The van der Waals surface area contributed by atoms with Gasteiger partial charge in [-0.1, -0.05) is 84.9 Å². The summed E-state index contributed by atoms with van der Waals surface area (Å²) in [6.07, 6.45) is 3.86. The first kappa shape index (κ1) is 17.8. The number of para-hydroxylation sites is 1. The predicted octanol–water partition coefficient (Wildman–Crippen LogP) is 6.07. The van der Waals surface area contributed by atoms with E-state index in [4.69, 9.17) is 9.15 Å². The lowest BCUT2D eigenvalue weighted by atomic mass is 10.1. The molecule has 4 aromatic rings. The Morgan fingerprint density at radius 1 is 0.893 bits per heavy atom. The Morgan fingerprint density at radius 3 is 2.32 bits per heavy atom. The highest BCUT2D eigenvalue weighted by atomic mass is 16.5. The molecule has 3 heteroatoms. The summed E-state index contributed by atoms with van der Waals surface area (Å²) < 4.78 is 12.2. The van der Waals surface area contributed by atoms with E-state index >= 15 is 0 Å². The van der Waals surface area contributed by atoms with Crippen LogP contribution in [0.2, 0.25) is 0 Å². The van der Waals surface area contributed by atoms with Crippen molar-refractivity contribution >= 4 is 17.0 Å². The Bertz CT molecular complexity index is 1170. The maximum absolute atomic E-state index is 13.3. The van der Waals surface area contributed by atoms with Gasteiger partial charge < -0.3 is 9.15 Å². The van der Waals surface area contributed by atoms with E-state index in [1.165, 1.54) is 0 Å². The molecule has 0 radical (unpaired) electrons. The molecule has 28 heavy (non-hydrogen) atoms.